The van der Waals surface area contributed by atoms with Crippen molar-refractivity contribution < 1.29 is 4.79 Å². The summed E-state index contributed by atoms with van der Waals surface area (Å²) in [4.78, 5) is 13.7. The maximum Gasteiger partial charge on any atom is 0.225 e. The predicted molar refractivity (Wildman–Crippen MR) is 54.9 cm³/mol. The van der Waals surface area contributed by atoms with Crippen molar-refractivity contribution in [3.8, 4) is 0 Å². The summed E-state index contributed by atoms with van der Waals surface area (Å²) in [6, 6.07) is 0. The molecule has 2 atom stereocenters. The SMILES string of the molecule is CCC(C)C(=O)N1CCCC(Cl)C1. The van der Waals surface area contributed by atoms with E-state index in [-0.39, 0.29) is 17.2 Å². The highest BCUT2D eigenvalue weighted by atomic mass is 35.5. The van der Waals surface area contributed by atoms with Crippen LogP contribution in [0.1, 0.15) is 33.1 Å². The number of rotatable bonds is 2. The smallest absolute Gasteiger partial charge is 0.225 e. The lowest BCUT2D eigenvalue weighted by Crippen LogP contribution is -2.42. The molecule has 0 spiro atoms. The molecule has 1 aliphatic rings. The van der Waals surface area contributed by atoms with Crippen LogP contribution in [-0.4, -0.2) is 29.3 Å². The van der Waals surface area contributed by atoms with Crippen LogP contribution in [0, 0.1) is 5.92 Å². The Balaban J connectivity index is 2.46. The Kier molecular flexibility index (Phi) is 4.04. The first-order valence-corrected chi connectivity index (χ1v) is 5.51. The van der Waals surface area contributed by atoms with Gasteiger partial charge in [-0.25, -0.2) is 0 Å². The van der Waals surface area contributed by atoms with Crippen molar-refractivity contribution >= 4 is 17.5 Å². The standard InChI is InChI=1S/C10H18ClNO/c1-3-8(2)10(13)12-6-4-5-9(11)7-12/h8-9H,3-7H2,1-2H3. The van der Waals surface area contributed by atoms with Gasteiger partial charge in [-0.1, -0.05) is 13.8 Å². The van der Waals surface area contributed by atoms with E-state index in [2.05, 4.69) is 0 Å². The Hall–Kier alpha value is -0.240. The van der Waals surface area contributed by atoms with Crippen LogP contribution >= 0.6 is 11.6 Å². The molecule has 1 aliphatic heterocycles. The first-order chi connectivity index (χ1) is 6.15. The number of alkyl halides is 1. The first kappa shape index (κ1) is 10.8. The summed E-state index contributed by atoms with van der Waals surface area (Å²) in [6.45, 7) is 5.67. The second-order valence-electron chi connectivity index (χ2n) is 3.83. The molecule has 0 aromatic carbocycles. The third-order valence-corrected chi connectivity index (χ3v) is 3.07. The van der Waals surface area contributed by atoms with Crippen molar-refractivity contribution in [3.63, 3.8) is 0 Å². The molecular weight excluding hydrogens is 186 g/mol. The van der Waals surface area contributed by atoms with Crippen molar-refractivity contribution in [3.05, 3.63) is 0 Å². The van der Waals surface area contributed by atoms with Crippen LogP contribution in [0.15, 0.2) is 0 Å². The van der Waals surface area contributed by atoms with Gasteiger partial charge in [0.2, 0.25) is 5.91 Å². The number of likely N-dealkylation sites (tertiary alicyclic amines) is 1. The molecule has 0 bridgehead atoms. The van der Waals surface area contributed by atoms with Gasteiger partial charge in [-0.3, -0.25) is 4.79 Å². The quantitative estimate of drug-likeness (QED) is 0.631. The van der Waals surface area contributed by atoms with Crippen molar-refractivity contribution in [1.82, 2.24) is 4.90 Å². The number of piperidine rings is 1. The Morgan fingerprint density at radius 2 is 2.38 bits per heavy atom. The third-order valence-electron chi connectivity index (χ3n) is 2.71. The average Bonchev–Trinajstić information content (AvgIpc) is 2.15. The highest BCUT2D eigenvalue weighted by Crippen LogP contribution is 2.17. The molecule has 1 amide bonds. The molecule has 1 fully saturated rings. The van der Waals surface area contributed by atoms with Gasteiger partial charge in [0.15, 0.2) is 0 Å². The van der Waals surface area contributed by atoms with Crippen molar-refractivity contribution in [1.29, 1.82) is 0 Å². The molecule has 1 heterocycles. The monoisotopic (exact) mass is 203 g/mol. The summed E-state index contributed by atoms with van der Waals surface area (Å²) in [7, 11) is 0. The number of carbonyl (C=O) groups is 1. The lowest BCUT2D eigenvalue weighted by atomic mass is 10.0. The van der Waals surface area contributed by atoms with E-state index in [9.17, 15) is 4.79 Å². The van der Waals surface area contributed by atoms with Gasteiger partial charge in [0.05, 0.1) is 5.38 Å². The topological polar surface area (TPSA) is 20.3 Å². The zero-order valence-corrected chi connectivity index (χ0v) is 9.18. The Morgan fingerprint density at radius 1 is 1.69 bits per heavy atom. The fourth-order valence-electron chi connectivity index (χ4n) is 1.61. The third kappa shape index (κ3) is 2.87. The fraction of sp³-hybridized carbons (Fsp3) is 0.900. The van der Waals surface area contributed by atoms with Crippen LogP contribution in [0.3, 0.4) is 0 Å². The summed E-state index contributed by atoms with van der Waals surface area (Å²) in [5.41, 5.74) is 0. The largest absolute Gasteiger partial charge is 0.341 e. The molecule has 76 valence electrons. The minimum Gasteiger partial charge on any atom is -0.341 e. The summed E-state index contributed by atoms with van der Waals surface area (Å²) in [5.74, 6) is 0.426. The number of halogens is 1. The second-order valence-corrected chi connectivity index (χ2v) is 4.45. The molecule has 0 radical (unpaired) electrons. The maximum absolute atomic E-state index is 11.7. The molecule has 0 saturated carbocycles. The molecule has 1 rings (SSSR count). The molecule has 0 aromatic rings. The average molecular weight is 204 g/mol. The van der Waals surface area contributed by atoms with E-state index >= 15 is 0 Å². The van der Waals surface area contributed by atoms with Gasteiger partial charge in [0.1, 0.15) is 0 Å². The van der Waals surface area contributed by atoms with E-state index in [0.717, 1.165) is 32.4 Å². The molecule has 0 aromatic heterocycles. The van der Waals surface area contributed by atoms with E-state index in [4.69, 9.17) is 11.6 Å². The Bertz CT molecular complexity index is 184. The van der Waals surface area contributed by atoms with Crippen molar-refractivity contribution in [2.24, 2.45) is 5.92 Å². The fourth-order valence-corrected chi connectivity index (χ4v) is 1.93. The summed E-state index contributed by atoms with van der Waals surface area (Å²) >= 11 is 6.01. The van der Waals surface area contributed by atoms with Gasteiger partial charge in [0.25, 0.3) is 0 Å². The zero-order valence-electron chi connectivity index (χ0n) is 8.42. The van der Waals surface area contributed by atoms with E-state index < -0.39 is 0 Å². The summed E-state index contributed by atoms with van der Waals surface area (Å²) < 4.78 is 0. The van der Waals surface area contributed by atoms with Gasteiger partial charge in [0, 0.05) is 19.0 Å². The number of nitrogens with zero attached hydrogens (tertiary/aromatic N) is 1. The molecule has 3 heteroatoms. The molecule has 2 nitrogen and oxygen atoms in total. The van der Waals surface area contributed by atoms with E-state index in [1.54, 1.807) is 0 Å². The van der Waals surface area contributed by atoms with Gasteiger partial charge in [-0.05, 0) is 19.3 Å². The first-order valence-electron chi connectivity index (χ1n) is 5.08. The normalized spacial score (nSPS) is 25.8. The molecule has 0 aliphatic carbocycles. The van der Waals surface area contributed by atoms with Crippen LogP contribution < -0.4 is 0 Å². The van der Waals surface area contributed by atoms with Gasteiger partial charge in [-0.15, -0.1) is 11.6 Å². The van der Waals surface area contributed by atoms with Gasteiger partial charge in [-0.2, -0.15) is 0 Å². The van der Waals surface area contributed by atoms with E-state index in [1.807, 2.05) is 18.7 Å². The minimum atomic E-state index is 0.155. The van der Waals surface area contributed by atoms with Crippen molar-refractivity contribution in [2.45, 2.75) is 38.5 Å². The van der Waals surface area contributed by atoms with Crippen LogP contribution in [0.4, 0.5) is 0 Å². The summed E-state index contributed by atoms with van der Waals surface area (Å²) in [6.07, 6.45) is 3.02. The molecule has 0 N–H and O–H groups in total. The Morgan fingerprint density at radius 3 is 2.92 bits per heavy atom. The maximum atomic E-state index is 11.7. The van der Waals surface area contributed by atoms with Crippen molar-refractivity contribution in [2.75, 3.05) is 13.1 Å². The number of hydrogen-bond donors (Lipinski definition) is 0. The highest BCUT2D eigenvalue weighted by molar-refractivity contribution is 6.20. The molecule has 2 unspecified atom stereocenters. The Labute approximate surface area is 85.2 Å². The van der Waals surface area contributed by atoms with Gasteiger partial charge < -0.3 is 4.90 Å². The lowest BCUT2D eigenvalue weighted by molar-refractivity contribution is -0.135. The van der Waals surface area contributed by atoms with Crippen LogP contribution in [-0.2, 0) is 4.79 Å². The summed E-state index contributed by atoms with van der Waals surface area (Å²) in [5, 5.41) is 0.168. The number of carbonyl (C=O) groups excluding carboxylic acids is 1. The molecular formula is C10H18ClNO. The predicted octanol–water partition coefficient (Wildman–Crippen LogP) is 2.26. The van der Waals surface area contributed by atoms with Crippen LogP contribution in [0.25, 0.3) is 0 Å². The lowest BCUT2D eigenvalue weighted by Gasteiger charge is -2.31. The highest BCUT2D eigenvalue weighted by Gasteiger charge is 2.24. The second kappa shape index (κ2) is 4.85. The van der Waals surface area contributed by atoms with Gasteiger partial charge >= 0.3 is 0 Å². The van der Waals surface area contributed by atoms with E-state index in [1.165, 1.54) is 0 Å². The molecule has 1 saturated heterocycles. The number of amides is 1. The van der Waals surface area contributed by atoms with Crippen LogP contribution in [0.5, 0.6) is 0 Å². The van der Waals surface area contributed by atoms with Crippen LogP contribution in [0.2, 0.25) is 0 Å². The number of hydrogen-bond acceptors (Lipinski definition) is 1. The van der Waals surface area contributed by atoms with E-state index in [0.29, 0.717) is 0 Å². The molecule has 13 heavy (non-hydrogen) atoms. The zero-order chi connectivity index (χ0) is 9.84. The minimum absolute atomic E-state index is 0.155.